The number of guanidine groups is 1. The van der Waals surface area contributed by atoms with Gasteiger partial charge in [0, 0.05) is 13.1 Å². The Labute approximate surface area is 104 Å². The van der Waals surface area contributed by atoms with Crippen LogP contribution in [0.5, 0.6) is 0 Å². The molecule has 0 saturated carbocycles. The van der Waals surface area contributed by atoms with Crippen molar-refractivity contribution in [2.45, 2.75) is 33.1 Å². The predicted octanol–water partition coefficient (Wildman–Crippen LogP) is 2.24. The van der Waals surface area contributed by atoms with Crippen LogP contribution in [0.3, 0.4) is 0 Å². The zero-order chi connectivity index (χ0) is 12.5. The first-order chi connectivity index (χ1) is 8.24. The molecule has 17 heavy (non-hydrogen) atoms. The standard InChI is InChI=1S/C14H23N3/c1-3-4-10-16-14(15)17-11-9-13-8-6-5-7-12(13)2/h5-8H,3-4,9-11H2,1-2H3,(H3,15,16,17). The van der Waals surface area contributed by atoms with Gasteiger partial charge in [0.15, 0.2) is 5.96 Å². The molecule has 0 radical (unpaired) electrons. The lowest BCUT2D eigenvalue weighted by atomic mass is 10.1. The highest BCUT2D eigenvalue weighted by Crippen LogP contribution is 2.06. The van der Waals surface area contributed by atoms with Gasteiger partial charge >= 0.3 is 0 Å². The van der Waals surface area contributed by atoms with Crippen molar-refractivity contribution < 1.29 is 0 Å². The molecular formula is C14H23N3. The van der Waals surface area contributed by atoms with Gasteiger partial charge in [-0.15, -0.1) is 0 Å². The molecule has 3 N–H and O–H groups in total. The number of nitrogens with two attached hydrogens (primary N) is 1. The summed E-state index contributed by atoms with van der Waals surface area (Å²) in [6, 6.07) is 8.42. The SMILES string of the molecule is CCCCN=C(N)NCCc1ccccc1C. The van der Waals surface area contributed by atoms with Crippen molar-refractivity contribution in [3.63, 3.8) is 0 Å². The fourth-order valence-electron chi connectivity index (χ4n) is 1.63. The molecular weight excluding hydrogens is 210 g/mol. The molecule has 1 aromatic carbocycles. The maximum absolute atomic E-state index is 5.76. The Kier molecular flexibility index (Phi) is 6.15. The molecule has 0 fully saturated rings. The molecule has 3 nitrogen and oxygen atoms in total. The fraction of sp³-hybridized carbons (Fsp3) is 0.500. The number of rotatable bonds is 6. The minimum Gasteiger partial charge on any atom is -0.370 e. The molecule has 3 heteroatoms. The van der Waals surface area contributed by atoms with Crippen molar-refractivity contribution >= 4 is 5.96 Å². The fourth-order valence-corrected chi connectivity index (χ4v) is 1.63. The molecule has 0 spiro atoms. The Balaban J connectivity index is 2.28. The van der Waals surface area contributed by atoms with Gasteiger partial charge in [0.05, 0.1) is 0 Å². The van der Waals surface area contributed by atoms with Crippen molar-refractivity contribution in [3.05, 3.63) is 35.4 Å². The number of unbranched alkanes of at least 4 members (excludes halogenated alkanes) is 1. The first-order valence-corrected chi connectivity index (χ1v) is 6.32. The number of nitrogens with zero attached hydrogens (tertiary/aromatic N) is 1. The number of aliphatic imine (C=N–C) groups is 1. The number of hydrogen-bond donors (Lipinski definition) is 2. The van der Waals surface area contributed by atoms with Crippen LogP contribution in [-0.4, -0.2) is 19.0 Å². The molecule has 0 saturated heterocycles. The Bertz CT molecular complexity index is 358. The second kappa shape index (κ2) is 7.71. The molecule has 0 aliphatic rings. The van der Waals surface area contributed by atoms with Gasteiger partial charge in [0.25, 0.3) is 0 Å². The summed E-state index contributed by atoms with van der Waals surface area (Å²) < 4.78 is 0. The van der Waals surface area contributed by atoms with Gasteiger partial charge in [-0.05, 0) is 30.9 Å². The van der Waals surface area contributed by atoms with Crippen LogP contribution >= 0.6 is 0 Å². The molecule has 0 bridgehead atoms. The zero-order valence-electron chi connectivity index (χ0n) is 10.9. The summed E-state index contributed by atoms with van der Waals surface area (Å²) in [6.45, 7) is 5.94. The normalized spacial score (nSPS) is 11.5. The van der Waals surface area contributed by atoms with Crippen LogP contribution in [0, 0.1) is 6.92 Å². The zero-order valence-corrected chi connectivity index (χ0v) is 10.9. The summed E-state index contributed by atoms with van der Waals surface area (Å²) in [6.07, 6.45) is 3.23. The third kappa shape index (κ3) is 5.38. The minimum absolute atomic E-state index is 0.562. The molecule has 0 unspecified atom stereocenters. The summed E-state index contributed by atoms with van der Waals surface area (Å²) in [5.74, 6) is 0.562. The van der Waals surface area contributed by atoms with Crippen molar-refractivity contribution in [2.24, 2.45) is 10.7 Å². The van der Waals surface area contributed by atoms with Gasteiger partial charge in [-0.1, -0.05) is 37.6 Å². The minimum atomic E-state index is 0.562. The summed E-state index contributed by atoms with van der Waals surface area (Å²) >= 11 is 0. The van der Waals surface area contributed by atoms with Gasteiger partial charge in [-0.2, -0.15) is 0 Å². The Morgan fingerprint density at radius 1 is 1.35 bits per heavy atom. The molecule has 0 amide bonds. The van der Waals surface area contributed by atoms with Crippen molar-refractivity contribution in [2.75, 3.05) is 13.1 Å². The lowest BCUT2D eigenvalue weighted by Crippen LogP contribution is -2.33. The Morgan fingerprint density at radius 2 is 2.12 bits per heavy atom. The second-order valence-electron chi connectivity index (χ2n) is 4.22. The number of hydrogen-bond acceptors (Lipinski definition) is 1. The van der Waals surface area contributed by atoms with Crippen LogP contribution in [0.2, 0.25) is 0 Å². The smallest absolute Gasteiger partial charge is 0.188 e. The van der Waals surface area contributed by atoms with Gasteiger partial charge in [-0.25, -0.2) is 0 Å². The average Bonchev–Trinajstić information content (AvgIpc) is 2.32. The topological polar surface area (TPSA) is 50.4 Å². The van der Waals surface area contributed by atoms with E-state index in [4.69, 9.17) is 5.73 Å². The van der Waals surface area contributed by atoms with E-state index in [0.717, 1.165) is 32.4 Å². The summed E-state index contributed by atoms with van der Waals surface area (Å²) in [7, 11) is 0. The van der Waals surface area contributed by atoms with Gasteiger partial charge in [0.1, 0.15) is 0 Å². The van der Waals surface area contributed by atoms with Crippen molar-refractivity contribution in [1.29, 1.82) is 0 Å². The molecule has 1 rings (SSSR count). The first kappa shape index (κ1) is 13.6. The lowest BCUT2D eigenvalue weighted by Gasteiger charge is -2.07. The van der Waals surface area contributed by atoms with Crippen LogP contribution in [0.15, 0.2) is 29.3 Å². The molecule has 0 aliphatic heterocycles. The maximum Gasteiger partial charge on any atom is 0.188 e. The molecule has 0 atom stereocenters. The van der Waals surface area contributed by atoms with Crippen LogP contribution < -0.4 is 11.1 Å². The highest BCUT2D eigenvalue weighted by Gasteiger charge is 1.97. The molecule has 0 aromatic heterocycles. The second-order valence-corrected chi connectivity index (χ2v) is 4.22. The monoisotopic (exact) mass is 233 g/mol. The quantitative estimate of drug-likeness (QED) is 0.450. The van der Waals surface area contributed by atoms with Crippen molar-refractivity contribution in [1.82, 2.24) is 5.32 Å². The lowest BCUT2D eigenvalue weighted by molar-refractivity contribution is 0.790. The molecule has 1 aromatic rings. The van der Waals surface area contributed by atoms with E-state index in [2.05, 4.69) is 48.4 Å². The first-order valence-electron chi connectivity index (χ1n) is 6.32. The van der Waals surface area contributed by atoms with Crippen LogP contribution in [-0.2, 0) is 6.42 Å². The maximum atomic E-state index is 5.76. The van der Waals surface area contributed by atoms with E-state index < -0.39 is 0 Å². The van der Waals surface area contributed by atoms with Crippen molar-refractivity contribution in [3.8, 4) is 0 Å². The van der Waals surface area contributed by atoms with Crippen LogP contribution in [0.4, 0.5) is 0 Å². The third-order valence-corrected chi connectivity index (χ3v) is 2.76. The summed E-state index contributed by atoms with van der Waals surface area (Å²) in [5, 5.41) is 3.14. The molecule has 0 aliphatic carbocycles. The average molecular weight is 233 g/mol. The van der Waals surface area contributed by atoms with E-state index in [9.17, 15) is 0 Å². The number of benzene rings is 1. The van der Waals surface area contributed by atoms with E-state index >= 15 is 0 Å². The van der Waals surface area contributed by atoms with Gasteiger partial charge in [-0.3, -0.25) is 4.99 Å². The Morgan fingerprint density at radius 3 is 2.82 bits per heavy atom. The predicted molar refractivity (Wildman–Crippen MR) is 74.3 cm³/mol. The van der Waals surface area contributed by atoms with Gasteiger partial charge in [0.2, 0.25) is 0 Å². The Hall–Kier alpha value is -1.51. The number of aryl methyl sites for hydroxylation is 1. The van der Waals surface area contributed by atoms with E-state index in [-0.39, 0.29) is 0 Å². The number of nitrogens with one attached hydrogen (secondary N) is 1. The highest BCUT2D eigenvalue weighted by molar-refractivity contribution is 5.77. The van der Waals surface area contributed by atoms with E-state index in [1.807, 2.05) is 0 Å². The van der Waals surface area contributed by atoms with E-state index in [0.29, 0.717) is 5.96 Å². The highest BCUT2D eigenvalue weighted by atomic mass is 15.1. The van der Waals surface area contributed by atoms with Gasteiger partial charge < -0.3 is 11.1 Å². The third-order valence-electron chi connectivity index (χ3n) is 2.76. The van der Waals surface area contributed by atoms with E-state index in [1.54, 1.807) is 0 Å². The van der Waals surface area contributed by atoms with E-state index in [1.165, 1.54) is 11.1 Å². The largest absolute Gasteiger partial charge is 0.370 e. The summed E-state index contributed by atoms with van der Waals surface area (Å²) in [4.78, 5) is 4.25. The van der Waals surface area contributed by atoms with Crippen LogP contribution in [0.1, 0.15) is 30.9 Å². The molecule has 0 heterocycles. The summed E-state index contributed by atoms with van der Waals surface area (Å²) in [5.41, 5.74) is 8.45. The molecule has 94 valence electrons. The van der Waals surface area contributed by atoms with Crippen LogP contribution in [0.25, 0.3) is 0 Å².